The standard InChI is InChI=1S/C24H51NO2.5C3H8.CH3.Y/c1-4-6-8-10-15-19-23-27-24(26-22-18-14-9-7-5-2)20-16-12-11-13-17-21-25-3;5*1-3-2;;/h24-25H,4-23H2,1-3H3;5*3H2,1-2H3;1H3;/q;;;;;;-1;. The van der Waals surface area contributed by atoms with Gasteiger partial charge >= 0.3 is 0 Å². The fourth-order valence-electron chi connectivity index (χ4n) is 3.38. The maximum absolute atomic E-state index is 6.09. The summed E-state index contributed by atoms with van der Waals surface area (Å²) in [6.45, 7) is 28.7. The van der Waals surface area contributed by atoms with Gasteiger partial charge in [-0.3, -0.25) is 0 Å². The third kappa shape index (κ3) is 104. The van der Waals surface area contributed by atoms with Crippen molar-refractivity contribution < 1.29 is 42.2 Å². The van der Waals surface area contributed by atoms with Crippen LogP contribution in [0.25, 0.3) is 0 Å². The number of rotatable bonds is 23. The Balaban J connectivity index is -0.000000106. The molecule has 1 unspecified atom stereocenters. The molecular formula is C40H94NO2Y-. The van der Waals surface area contributed by atoms with E-state index in [1.165, 1.54) is 135 Å². The van der Waals surface area contributed by atoms with E-state index in [1.807, 2.05) is 7.05 Å². The largest absolute Gasteiger partial charge is 0.358 e. The van der Waals surface area contributed by atoms with E-state index in [1.54, 1.807) is 0 Å². The second-order valence-corrected chi connectivity index (χ2v) is 11.5. The van der Waals surface area contributed by atoms with Crippen molar-refractivity contribution in [2.45, 2.75) is 231 Å². The molecular weight excluding hydrogens is 615 g/mol. The Kier molecular flexibility index (Phi) is 115. The van der Waals surface area contributed by atoms with Gasteiger partial charge in [-0.2, -0.15) is 0 Å². The molecule has 275 valence electrons. The summed E-state index contributed by atoms with van der Waals surface area (Å²) in [7, 11) is 2.03. The van der Waals surface area contributed by atoms with Crippen LogP contribution in [0, 0.1) is 7.43 Å². The fraction of sp³-hybridized carbons (Fsp3) is 0.975. The fourth-order valence-corrected chi connectivity index (χ4v) is 3.38. The first-order valence-electron chi connectivity index (χ1n) is 19.3. The Bertz CT molecular complexity index is 303. The zero-order chi connectivity index (χ0) is 33.4. The molecule has 0 amide bonds. The molecule has 1 radical (unpaired) electrons. The monoisotopic (exact) mass is 710 g/mol. The predicted octanol–water partition coefficient (Wildman–Crippen LogP) is 14.8. The molecule has 0 aliphatic heterocycles. The molecule has 1 N–H and O–H groups in total. The van der Waals surface area contributed by atoms with Crippen molar-refractivity contribution in [3.8, 4) is 0 Å². The summed E-state index contributed by atoms with van der Waals surface area (Å²) in [5, 5.41) is 3.22. The number of hydrogen-bond donors (Lipinski definition) is 1. The van der Waals surface area contributed by atoms with Crippen LogP contribution in [0.15, 0.2) is 0 Å². The molecule has 0 rings (SSSR count). The van der Waals surface area contributed by atoms with Gasteiger partial charge in [0.1, 0.15) is 0 Å². The molecule has 0 bridgehead atoms. The predicted molar refractivity (Wildman–Crippen MR) is 206 cm³/mol. The number of hydrogen-bond acceptors (Lipinski definition) is 3. The van der Waals surface area contributed by atoms with Gasteiger partial charge in [0.2, 0.25) is 0 Å². The number of nitrogens with one attached hydrogen (secondary N) is 1. The average Bonchev–Trinajstić information content (AvgIpc) is 2.95. The van der Waals surface area contributed by atoms with E-state index >= 15 is 0 Å². The minimum Gasteiger partial charge on any atom is -0.358 e. The van der Waals surface area contributed by atoms with Crippen LogP contribution in [-0.4, -0.2) is 33.1 Å². The van der Waals surface area contributed by atoms with E-state index in [2.05, 4.69) is 88.4 Å². The molecule has 0 saturated carbocycles. The molecule has 3 nitrogen and oxygen atoms in total. The quantitative estimate of drug-likeness (QED) is 0.0651. The van der Waals surface area contributed by atoms with Crippen LogP contribution in [0.5, 0.6) is 0 Å². The van der Waals surface area contributed by atoms with Crippen molar-refractivity contribution in [1.82, 2.24) is 5.32 Å². The van der Waals surface area contributed by atoms with E-state index in [0.717, 1.165) is 26.2 Å². The van der Waals surface area contributed by atoms with Crippen LogP contribution in [-0.2, 0) is 42.2 Å². The van der Waals surface area contributed by atoms with Crippen LogP contribution in [0.2, 0.25) is 0 Å². The normalized spacial score (nSPS) is 9.75. The van der Waals surface area contributed by atoms with Gasteiger partial charge in [-0.1, -0.05) is 192 Å². The van der Waals surface area contributed by atoms with Gasteiger partial charge in [0.15, 0.2) is 6.29 Å². The molecule has 0 spiro atoms. The van der Waals surface area contributed by atoms with Crippen molar-refractivity contribution >= 4 is 0 Å². The second-order valence-electron chi connectivity index (χ2n) is 11.5. The van der Waals surface area contributed by atoms with Crippen LogP contribution in [0.3, 0.4) is 0 Å². The topological polar surface area (TPSA) is 30.5 Å². The van der Waals surface area contributed by atoms with E-state index in [9.17, 15) is 0 Å². The van der Waals surface area contributed by atoms with Crippen molar-refractivity contribution in [3.63, 3.8) is 0 Å². The summed E-state index contributed by atoms with van der Waals surface area (Å²) >= 11 is 0. The minimum atomic E-state index is 0. The smallest absolute Gasteiger partial charge is 0.157 e. The minimum absolute atomic E-state index is 0. The molecule has 0 heterocycles. The summed E-state index contributed by atoms with van der Waals surface area (Å²) in [6.07, 6.45) is 28.2. The second kappa shape index (κ2) is 79.4. The first-order valence-corrected chi connectivity index (χ1v) is 19.3. The third-order valence-electron chi connectivity index (χ3n) is 5.22. The van der Waals surface area contributed by atoms with E-state index in [4.69, 9.17) is 9.47 Å². The maximum Gasteiger partial charge on any atom is 0.157 e. The van der Waals surface area contributed by atoms with Crippen molar-refractivity contribution in [2.75, 3.05) is 26.8 Å². The summed E-state index contributed by atoms with van der Waals surface area (Å²) < 4.78 is 12.2. The summed E-state index contributed by atoms with van der Waals surface area (Å²) in [5.74, 6) is 0. The van der Waals surface area contributed by atoms with Crippen LogP contribution >= 0.6 is 0 Å². The number of unbranched alkanes of at least 4 members (excludes halogenated alkanes) is 13. The Morgan fingerprint density at radius 2 is 0.682 bits per heavy atom. The van der Waals surface area contributed by atoms with E-state index < -0.39 is 0 Å². The van der Waals surface area contributed by atoms with Crippen molar-refractivity contribution in [1.29, 1.82) is 0 Å². The SMILES string of the molecule is CCC.CCC.CCC.CCC.CCC.CCCCCCCCOC(CCCCCCCNC)OCCCCCCC.[CH3-].[Y]. The number of ether oxygens (including phenoxy) is 2. The zero-order valence-corrected chi connectivity index (χ0v) is 37.0. The molecule has 0 aromatic carbocycles. The van der Waals surface area contributed by atoms with Crippen LogP contribution in [0.1, 0.15) is 224 Å². The molecule has 0 aromatic rings. The molecule has 1 atom stereocenters. The summed E-state index contributed by atoms with van der Waals surface area (Å²) in [6, 6.07) is 0. The van der Waals surface area contributed by atoms with Crippen LogP contribution < -0.4 is 5.32 Å². The maximum atomic E-state index is 6.09. The first kappa shape index (κ1) is 63.6. The van der Waals surface area contributed by atoms with Crippen LogP contribution in [0.4, 0.5) is 0 Å². The Labute approximate surface area is 310 Å². The molecule has 0 saturated heterocycles. The van der Waals surface area contributed by atoms with Gasteiger partial charge in [-0.15, -0.1) is 0 Å². The molecule has 44 heavy (non-hydrogen) atoms. The Hall–Kier alpha value is 0.984. The third-order valence-corrected chi connectivity index (χ3v) is 5.22. The van der Waals surface area contributed by atoms with Gasteiger partial charge in [0, 0.05) is 45.9 Å². The molecule has 0 fully saturated rings. The van der Waals surface area contributed by atoms with E-state index in [0.29, 0.717) is 0 Å². The molecule has 4 heteroatoms. The average molecular weight is 710 g/mol. The summed E-state index contributed by atoms with van der Waals surface area (Å²) in [4.78, 5) is 0. The van der Waals surface area contributed by atoms with Gasteiger partial charge < -0.3 is 22.2 Å². The Morgan fingerprint density at radius 3 is 1.00 bits per heavy atom. The van der Waals surface area contributed by atoms with Crippen molar-refractivity contribution in [3.05, 3.63) is 7.43 Å². The van der Waals surface area contributed by atoms with Gasteiger partial charge in [-0.05, 0) is 45.7 Å². The van der Waals surface area contributed by atoms with Crippen molar-refractivity contribution in [2.24, 2.45) is 0 Å². The van der Waals surface area contributed by atoms with Gasteiger partial charge in [-0.25, -0.2) is 0 Å². The van der Waals surface area contributed by atoms with E-state index in [-0.39, 0.29) is 46.4 Å². The molecule has 0 aliphatic carbocycles. The Morgan fingerprint density at radius 1 is 0.409 bits per heavy atom. The summed E-state index contributed by atoms with van der Waals surface area (Å²) in [5.41, 5.74) is 0. The van der Waals surface area contributed by atoms with Gasteiger partial charge in [0.25, 0.3) is 0 Å². The zero-order valence-electron chi connectivity index (χ0n) is 34.1. The van der Waals surface area contributed by atoms with Gasteiger partial charge in [0.05, 0.1) is 0 Å². The molecule has 0 aromatic heterocycles. The first-order chi connectivity index (χ1) is 20.4. The molecule has 0 aliphatic rings.